The first-order valence-corrected chi connectivity index (χ1v) is 6.97. The van der Waals surface area contributed by atoms with E-state index in [2.05, 4.69) is 21.2 Å². The monoisotopic (exact) mass is 325 g/mol. The van der Waals surface area contributed by atoms with Gasteiger partial charge >= 0.3 is 0 Å². The summed E-state index contributed by atoms with van der Waals surface area (Å²) in [6.07, 6.45) is 0. The molecule has 0 bridgehead atoms. The van der Waals surface area contributed by atoms with Crippen molar-refractivity contribution in [3.63, 3.8) is 0 Å². The molecule has 2 aromatic rings. The third-order valence-corrected chi connectivity index (χ3v) is 3.94. The van der Waals surface area contributed by atoms with E-state index >= 15 is 0 Å². The predicted octanol–water partition coefficient (Wildman–Crippen LogP) is 4.08. The largest absolute Gasteiger partial charge is 0.495 e. The molecule has 0 aliphatic heterocycles. The Bertz CT molecular complexity index is 580. The van der Waals surface area contributed by atoms with Gasteiger partial charge in [-0.25, -0.2) is 0 Å². The molecule has 0 fully saturated rings. The maximum absolute atomic E-state index is 12.0. The summed E-state index contributed by atoms with van der Waals surface area (Å²) >= 11 is 4.82. The van der Waals surface area contributed by atoms with E-state index in [-0.39, 0.29) is 5.91 Å². The fourth-order valence-electron chi connectivity index (χ4n) is 1.53. The lowest BCUT2D eigenvalue weighted by Crippen LogP contribution is -2.11. The number of hydrogen-bond acceptors (Lipinski definition) is 3. The van der Waals surface area contributed by atoms with Crippen LogP contribution in [-0.2, 0) is 0 Å². The first-order chi connectivity index (χ1) is 8.60. The molecule has 1 amide bonds. The van der Waals surface area contributed by atoms with Gasteiger partial charge in [-0.3, -0.25) is 4.79 Å². The molecule has 0 saturated carbocycles. The molecule has 5 heteroatoms. The van der Waals surface area contributed by atoms with E-state index in [1.54, 1.807) is 18.6 Å². The Morgan fingerprint density at radius 3 is 2.78 bits per heavy atom. The summed E-state index contributed by atoms with van der Waals surface area (Å²) in [5, 5.41) is 4.65. The Labute approximate surface area is 118 Å². The summed E-state index contributed by atoms with van der Waals surface area (Å²) in [5.74, 6) is 0.525. The van der Waals surface area contributed by atoms with Crippen LogP contribution in [0.3, 0.4) is 0 Å². The topological polar surface area (TPSA) is 38.3 Å². The van der Waals surface area contributed by atoms with E-state index in [1.807, 2.05) is 25.1 Å². The molecule has 18 heavy (non-hydrogen) atoms. The van der Waals surface area contributed by atoms with Gasteiger partial charge in [-0.15, -0.1) is 11.3 Å². The van der Waals surface area contributed by atoms with Gasteiger partial charge < -0.3 is 10.1 Å². The van der Waals surface area contributed by atoms with Gasteiger partial charge in [0.2, 0.25) is 0 Å². The lowest BCUT2D eigenvalue weighted by molar-refractivity contribution is 0.102. The Hall–Kier alpha value is -1.33. The second kappa shape index (κ2) is 5.54. The molecule has 0 radical (unpaired) electrons. The number of carbonyl (C=O) groups excluding carboxylic acids is 1. The molecule has 3 nitrogen and oxygen atoms in total. The summed E-state index contributed by atoms with van der Waals surface area (Å²) in [5.41, 5.74) is 2.40. The highest BCUT2D eigenvalue weighted by Gasteiger charge is 2.11. The quantitative estimate of drug-likeness (QED) is 0.923. The van der Waals surface area contributed by atoms with E-state index in [0.29, 0.717) is 17.0 Å². The first kappa shape index (κ1) is 13.1. The van der Waals surface area contributed by atoms with E-state index < -0.39 is 0 Å². The number of hydrogen-bond donors (Lipinski definition) is 1. The molecule has 0 aliphatic carbocycles. The second-order valence-corrected chi connectivity index (χ2v) is 6.09. The van der Waals surface area contributed by atoms with Crippen molar-refractivity contribution in [2.24, 2.45) is 0 Å². The summed E-state index contributed by atoms with van der Waals surface area (Å²) < 4.78 is 6.18. The van der Waals surface area contributed by atoms with Crippen LogP contribution in [0.25, 0.3) is 0 Å². The number of rotatable bonds is 3. The van der Waals surface area contributed by atoms with Gasteiger partial charge in [-0.1, -0.05) is 6.07 Å². The van der Waals surface area contributed by atoms with Gasteiger partial charge in [-0.05, 0) is 46.6 Å². The van der Waals surface area contributed by atoms with Crippen LogP contribution < -0.4 is 10.1 Å². The lowest BCUT2D eigenvalue weighted by Gasteiger charge is -2.10. The Kier molecular flexibility index (Phi) is 4.04. The average molecular weight is 326 g/mol. The number of halogens is 1. The molecular weight excluding hydrogens is 314 g/mol. The Morgan fingerprint density at radius 1 is 1.39 bits per heavy atom. The summed E-state index contributed by atoms with van der Waals surface area (Å²) in [4.78, 5) is 12.0. The van der Waals surface area contributed by atoms with Crippen molar-refractivity contribution in [2.75, 3.05) is 12.4 Å². The zero-order chi connectivity index (χ0) is 13.1. The summed E-state index contributed by atoms with van der Waals surface area (Å²) in [7, 11) is 1.59. The van der Waals surface area contributed by atoms with Crippen molar-refractivity contribution in [1.29, 1.82) is 0 Å². The number of carbonyl (C=O) groups is 1. The van der Waals surface area contributed by atoms with Gasteiger partial charge in [0, 0.05) is 5.38 Å². The van der Waals surface area contributed by atoms with Gasteiger partial charge in [-0.2, -0.15) is 0 Å². The van der Waals surface area contributed by atoms with Crippen LogP contribution >= 0.6 is 27.3 Å². The minimum absolute atomic E-state index is 0.140. The predicted molar refractivity (Wildman–Crippen MR) is 77.7 cm³/mol. The average Bonchev–Trinajstić information content (AvgIpc) is 2.78. The van der Waals surface area contributed by atoms with Crippen molar-refractivity contribution in [3.05, 3.63) is 44.6 Å². The molecule has 0 unspecified atom stereocenters. The third kappa shape index (κ3) is 2.91. The fourth-order valence-corrected chi connectivity index (χ4v) is 2.66. The van der Waals surface area contributed by atoms with E-state index in [4.69, 9.17) is 4.74 Å². The number of amides is 1. The highest BCUT2D eigenvalue weighted by Crippen LogP contribution is 2.27. The zero-order valence-corrected chi connectivity index (χ0v) is 12.4. The molecule has 1 aromatic carbocycles. The molecule has 0 saturated heterocycles. The SMILES string of the molecule is COc1cc(C)ccc1NC(=O)c1csc(Br)c1. The third-order valence-electron chi connectivity index (χ3n) is 2.43. The first-order valence-electron chi connectivity index (χ1n) is 5.30. The number of aryl methyl sites for hydroxylation is 1. The maximum atomic E-state index is 12.0. The minimum atomic E-state index is -0.140. The number of ether oxygens (including phenoxy) is 1. The van der Waals surface area contributed by atoms with E-state index in [1.165, 1.54) is 11.3 Å². The minimum Gasteiger partial charge on any atom is -0.495 e. The van der Waals surface area contributed by atoms with Crippen LogP contribution in [-0.4, -0.2) is 13.0 Å². The normalized spacial score (nSPS) is 10.2. The molecule has 0 spiro atoms. The molecule has 1 N–H and O–H groups in total. The van der Waals surface area contributed by atoms with Crippen LogP contribution in [0.1, 0.15) is 15.9 Å². The van der Waals surface area contributed by atoms with Crippen LogP contribution in [0.5, 0.6) is 5.75 Å². The van der Waals surface area contributed by atoms with Crippen molar-refractivity contribution in [2.45, 2.75) is 6.92 Å². The maximum Gasteiger partial charge on any atom is 0.256 e. The Morgan fingerprint density at radius 2 is 2.17 bits per heavy atom. The lowest BCUT2D eigenvalue weighted by atomic mass is 10.2. The number of benzene rings is 1. The fraction of sp³-hybridized carbons (Fsp3) is 0.154. The standard InChI is InChI=1S/C13H12BrNO2S/c1-8-3-4-10(11(5-8)17-2)15-13(16)9-6-12(14)18-7-9/h3-7H,1-2H3,(H,15,16). The van der Waals surface area contributed by atoms with Gasteiger partial charge in [0.1, 0.15) is 5.75 Å². The Balaban J connectivity index is 2.21. The van der Waals surface area contributed by atoms with Gasteiger partial charge in [0.25, 0.3) is 5.91 Å². The molecule has 0 atom stereocenters. The highest BCUT2D eigenvalue weighted by molar-refractivity contribution is 9.11. The molecule has 0 aliphatic rings. The smallest absolute Gasteiger partial charge is 0.256 e. The summed E-state index contributed by atoms with van der Waals surface area (Å²) in [6.45, 7) is 1.98. The highest BCUT2D eigenvalue weighted by atomic mass is 79.9. The van der Waals surface area contributed by atoms with E-state index in [9.17, 15) is 4.79 Å². The van der Waals surface area contributed by atoms with Crippen molar-refractivity contribution >= 4 is 38.9 Å². The van der Waals surface area contributed by atoms with Crippen molar-refractivity contribution in [1.82, 2.24) is 0 Å². The van der Waals surface area contributed by atoms with Gasteiger partial charge in [0.15, 0.2) is 0 Å². The molecule has 2 rings (SSSR count). The molecule has 94 valence electrons. The van der Waals surface area contributed by atoms with Crippen molar-refractivity contribution in [3.8, 4) is 5.75 Å². The zero-order valence-electron chi connectivity index (χ0n) is 9.99. The van der Waals surface area contributed by atoms with Crippen LogP contribution in [0.15, 0.2) is 33.4 Å². The van der Waals surface area contributed by atoms with Crippen LogP contribution in [0.2, 0.25) is 0 Å². The molecule has 1 heterocycles. The number of anilines is 1. The molecule has 1 aromatic heterocycles. The number of thiophene rings is 1. The van der Waals surface area contributed by atoms with Gasteiger partial charge in [0.05, 0.1) is 22.1 Å². The second-order valence-electron chi connectivity index (χ2n) is 3.80. The van der Waals surface area contributed by atoms with Crippen molar-refractivity contribution < 1.29 is 9.53 Å². The number of nitrogens with one attached hydrogen (secondary N) is 1. The van der Waals surface area contributed by atoms with Crippen LogP contribution in [0, 0.1) is 6.92 Å². The molecular formula is C13H12BrNO2S. The number of methoxy groups -OCH3 is 1. The van der Waals surface area contributed by atoms with Crippen LogP contribution in [0.4, 0.5) is 5.69 Å². The van der Waals surface area contributed by atoms with E-state index in [0.717, 1.165) is 9.35 Å². The summed E-state index contributed by atoms with van der Waals surface area (Å²) in [6, 6.07) is 7.45.